The maximum absolute atomic E-state index is 11.1. The van der Waals surface area contributed by atoms with E-state index in [1.165, 1.54) is 10.9 Å². The lowest BCUT2D eigenvalue weighted by molar-refractivity contribution is -0.143. The van der Waals surface area contributed by atoms with Crippen LogP contribution in [0.2, 0.25) is 0 Å². The summed E-state index contributed by atoms with van der Waals surface area (Å²) in [5, 5.41) is 11.5. The molecular weight excluding hydrogens is 252 g/mol. The standard InChI is InChI=1S/C16H18N2O2/c19-16(20)14-5-2-8-18(11-14)10-13-4-1-3-12-9-17-7-6-15(12)13/h1,3-4,6-7,9,14H,2,5,8,10-11H2,(H,19,20)/t14-/m1/s1. The zero-order valence-electron chi connectivity index (χ0n) is 11.3. The van der Waals surface area contributed by atoms with Crippen LogP contribution in [0.4, 0.5) is 0 Å². The Bertz CT molecular complexity index is 621. The minimum atomic E-state index is -0.670. The van der Waals surface area contributed by atoms with Gasteiger partial charge in [-0.2, -0.15) is 0 Å². The van der Waals surface area contributed by atoms with Gasteiger partial charge >= 0.3 is 5.97 Å². The van der Waals surface area contributed by atoms with Crippen molar-refractivity contribution in [2.75, 3.05) is 13.1 Å². The normalized spacial score (nSPS) is 20.1. The van der Waals surface area contributed by atoms with Gasteiger partial charge in [0.15, 0.2) is 0 Å². The van der Waals surface area contributed by atoms with Gasteiger partial charge in [0, 0.05) is 30.9 Å². The van der Waals surface area contributed by atoms with Crippen molar-refractivity contribution in [2.45, 2.75) is 19.4 Å². The lowest BCUT2D eigenvalue weighted by atomic mass is 9.97. The Morgan fingerprint density at radius 3 is 3.15 bits per heavy atom. The van der Waals surface area contributed by atoms with Crippen molar-refractivity contribution in [1.29, 1.82) is 0 Å². The molecule has 4 nitrogen and oxygen atoms in total. The molecule has 0 unspecified atom stereocenters. The predicted octanol–water partition coefficient (Wildman–Crippen LogP) is 2.53. The third-order valence-electron chi connectivity index (χ3n) is 4.02. The quantitative estimate of drug-likeness (QED) is 0.931. The average molecular weight is 270 g/mol. The molecule has 1 N–H and O–H groups in total. The minimum absolute atomic E-state index is 0.222. The van der Waals surface area contributed by atoms with Gasteiger partial charge in [-0.15, -0.1) is 0 Å². The molecule has 0 radical (unpaired) electrons. The Labute approximate surface area is 118 Å². The summed E-state index contributed by atoms with van der Waals surface area (Å²) in [6.45, 7) is 2.44. The highest BCUT2D eigenvalue weighted by Gasteiger charge is 2.25. The minimum Gasteiger partial charge on any atom is -0.481 e. The van der Waals surface area contributed by atoms with Crippen LogP contribution in [0, 0.1) is 5.92 Å². The van der Waals surface area contributed by atoms with Crippen molar-refractivity contribution in [3.05, 3.63) is 42.2 Å². The molecule has 104 valence electrons. The lowest BCUT2D eigenvalue weighted by Gasteiger charge is -2.30. The van der Waals surface area contributed by atoms with Crippen LogP contribution in [-0.2, 0) is 11.3 Å². The van der Waals surface area contributed by atoms with Crippen LogP contribution in [0.15, 0.2) is 36.7 Å². The summed E-state index contributed by atoms with van der Waals surface area (Å²) < 4.78 is 0. The largest absolute Gasteiger partial charge is 0.481 e. The number of aromatic nitrogens is 1. The SMILES string of the molecule is O=C(O)[C@@H]1CCCN(Cc2cccc3cnccc23)C1. The third-order valence-corrected chi connectivity index (χ3v) is 4.02. The maximum atomic E-state index is 11.1. The summed E-state index contributed by atoms with van der Waals surface area (Å²) in [7, 11) is 0. The molecule has 2 heterocycles. The van der Waals surface area contributed by atoms with Crippen molar-refractivity contribution in [2.24, 2.45) is 5.92 Å². The van der Waals surface area contributed by atoms with E-state index in [4.69, 9.17) is 5.11 Å². The number of hydrogen-bond acceptors (Lipinski definition) is 3. The van der Waals surface area contributed by atoms with Crippen LogP contribution in [0.25, 0.3) is 10.8 Å². The van der Waals surface area contributed by atoms with Crippen molar-refractivity contribution in [3.63, 3.8) is 0 Å². The molecule has 0 spiro atoms. The van der Waals surface area contributed by atoms with E-state index in [2.05, 4.69) is 22.0 Å². The molecular formula is C16H18N2O2. The van der Waals surface area contributed by atoms with Crippen LogP contribution in [0.3, 0.4) is 0 Å². The second kappa shape index (κ2) is 5.59. The molecule has 3 rings (SSSR count). The smallest absolute Gasteiger partial charge is 0.307 e. The van der Waals surface area contributed by atoms with Gasteiger partial charge < -0.3 is 5.11 Å². The van der Waals surface area contributed by atoms with E-state index < -0.39 is 5.97 Å². The lowest BCUT2D eigenvalue weighted by Crippen LogP contribution is -2.38. The van der Waals surface area contributed by atoms with Gasteiger partial charge in [0.25, 0.3) is 0 Å². The van der Waals surface area contributed by atoms with E-state index in [0.29, 0.717) is 6.54 Å². The van der Waals surface area contributed by atoms with E-state index in [1.807, 2.05) is 24.5 Å². The van der Waals surface area contributed by atoms with Gasteiger partial charge in [-0.3, -0.25) is 14.7 Å². The number of likely N-dealkylation sites (tertiary alicyclic amines) is 1. The number of piperidine rings is 1. The molecule has 1 saturated heterocycles. The monoisotopic (exact) mass is 270 g/mol. The third kappa shape index (κ3) is 2.65. The first-order valence-electron chi connectivity index (χ1n) is 7.01. The summed E-state index contributed by atoms with van der Waals surface area (Å²) >= 11 is 0. The van der Waals surface area contributed by atoms with Gasteiger partial charge in [0.1, 0.15) is 0 Å². The molecule has 1 aromatic heterocycles. The van der Waals surface area contributed by atoms with Crippen LogP contribution in [-0.4, -0.2) is 34.0 Å². The fraction of sp³-hybridized carbons (Fsp3) is 0.375. The first-order chi connectivity index (χ1) is 9.74. The number of carboxylic acids is 1. The highest BCUT2D eigenvalue weighted by molar-refractivity contribution is 5.84. The Morgan fingerprint density at radius 1 is 1.40 bits per heavy atom. The fourth-order valence-corrected chi connectivity index (χ4v) is 2.97. The van der Waals surface area contributed by atoms with E-state index in [0.717, 1.165) is 31.3 Å². The van der Waals surface area contributed by atoms with E-state index in [-0.39, 0.29) is 5.92 Å². The molecule has 4 heteroatoms. The Kier molecular flexibility index (Phi) is 3.65. The molecule has 1 fully saturated rings. The first-order valence-corrected chi connectivity index (χ1v) is 7.01. The first kappa shape index (κ1) is 13.1. The van der Waals surface area contributed by atoms with E-state index in [9.17, 15) is 4.79 Å². The van der Waals surface area contributed by atoms with E-state index >= 15 is 0 Å². The number of carboxylic acid groups (broad SMARTS) is 1. The fourth-order valence-electron chi connectivity index (χ4n) is 2.97. The highest BCUT2D eigenvalue weighted by atomic mass is 16.4. The summed E-state index contributed by atoms with van der Waals surface area (Å²) in [6.07, 6.45) is 5.44. The molecule has 2 aromatic rings. The number of hydrogen-bond donors (Lipinski definition) is 1. The number of pyridine rings is 1. The van der Waals surface area contributed by atoms with Crippen molar-refractivity contribution < 1.29 is 9.90 Å². The van der Waals surface area contributed by atoms with Gasteiger partial charge in [0.2, 0.25) is 0 Å². The molecule has 0 bridgehead atoms. The molecule has 1 aromatic carbocycles. The van der Waals surface area contributed by atoms with Crippen LogP contribution >= 0.6 is 0 Å². The molecule has 0 aliphatic carbocycles. The molecule has 1 atom stereocenters. The number of carbonyl (C=O) groups is 1. The molecule has 1 aliphatic rings. The van der Waals surface area contributed by atoms with Gasteiger partial charge in [0.05, 0.1) is 5.92 Å². The second-order valence-corrected chi connectivity index (χ2v) is 5.43. The summed E-state index contributed by atoms with van der Waals surface area (Å²) in [5.74, 6) is -0.891. The number of benzene rings is 1. The zero-order chi connectivity index (χ0) is 13.9. The summed E-state index contributed by atoms with van der Waals surface area (Å²) in [4.78, 5) is 17.5. The van der Waals surface area contributed by atoms with Crippen LogP contribution < -0.4 is 0 Å². The van der Waals surface area contributed by atoms with Crippen LogP contribution in [0.5, 0.6) is 0 Å². The predicted molar refractivity (Wildman–Crippen MR) is 77.4 cm³/mol. The van der Waals surface area contributed by atoms with Gasteiger partial charge in [-0.25, -0.2) is 0 Å². The van der Waals surface area contributed by atoms with Crippen molar-refractivity contribution in [3.8, 4) is 0 Å². The number of rotatable bonds is 3. The molecule has 0 amide bonds. The summed E-state index contributed by atoms with van der Waals surface area (Å²) in [5.41, 5.74) is 1.25. The highest BCUT2D eigenvalue weighted by Crippen LogP contribution is 2.22. The van der Waals surface area contributed by atoms with E-state index in [1.54, 1.807) is 0 Å². The Hall–Kier alpha value is -1.94. The van der Waals surface area contributed by atoms with Crippen molar-refractivity contribution >= 4 is 16.7 Å². The van der Waals surface area contributed by atoms with Crippen molar-refractivity contribution in [1.82, 2.24) is 9.88 Å². The molecule has 1 aliphatic heterocycles. The Morgan fingerprint density at radius 2 is 2.30 bits per heavy atom. The summed E-state index contributed by atoms with van der Waals surface area (Å²) in [6, 6.07) is 8.25. The number of aliphatic carboxylic acids is 1. The number of nitrogens with zero attached hydrogens (tertiary/aromatic N) is 2. The molecule has 0 saturated carbocycles. The number of fused-ring (bicyclic) bond motifs is 1. The topological polar surface area (TPSA) is 53.4 Å². The Balaban J connectivity index is 1.81. The average Bonchev–Trinajstić information content (AvgIpc) is 2.48. The van der Waals surface area contributed by atoms with Gasteiger partial charge in [-0.05, 0) is 36.4 Å². The second-order valence-electron chi connectivity index (χ2n) is 5.43. The maximum Gasteiger partial charge on any atom is 0.307 e. The zero-order valence-corrected chi connectivity index (χ0v) is 11.3. The van der Waals surface area contributed by atoms with Gasteiger partial charge in [-0.1, -0.05) is 18.2 Å². The van der Waals surface area contributed by atoms with Crippen LogP contribution in [0.1, 0.15) is 18.4 Å². The molecule has 20 heavy (non-hydrogen) atoms.